The third-order valence-electron chi connectivity index (χ3n) is 6.70. The summed E-state index contributed by atoms with van der Waals surface area (Å²) < 4.78 is 0. The van der Waals surface area contributed by atoms with Crippen molar-refractivity contribution in [2.24, 2.45) is 0 Å². The van der Waals surface area contributed by atoms with Gasteiger partial charge in [0.2, 0.25) is 5.95 Å². The zero-order valence-corrected chi connectivity index (χ0v) is 16.1. The SMILES string of the molecule is c1ccc(CN2CCC3NNc4nc(N5CCN6CCCC6C5)nc2c43)cc1. The van der Waals surface area contributed by atoms with Gasteiger partial charge >= 0.3 is 0 Å². The molecule has 2 N–H and O–H groups in total. The zero-order chi connectivity index (χ0) is 18.5. The predicted molar refractivity (Wildman–Crippen MR) is 110 cm³/mol. The second kappa shape index (κ2) is 6.60. The van der Waals surface area contributed by atoms with E-state index in [9.17, 15) is 0 Å². The molecule has 2 atom stereocenters. The third kappa shape index (κ3) is 2.72. The van der Waals surface area contributed by atoms with Crippen molar-refractivity contribution in [3.8, 4) is 0 Å². The van der Waals surface area contributed by atoms with Gasteiger partial charge in [-0.2, -0.15) is 9.97 Å². The van der Waals surface area contributed by atoms with Gasteiger partial charge < -0.3 is 15.2 Å². The topological polar surface area (TPSA) is 59.6 Å². The summed E-state index contributed by atoms with van der Waals surface area (Å²) in [5, 5.41) is 0. The van der Waals surface area contributed by atoms with E-state index in [-0.39, 0.29) is 0 Å². The van der Waals surface area contributed by atoms with E-state index in [1.165, 1.54) is 30.5 Å². The van der Waals surface area contributed by atoms with Crippen LogP contribution in [-0.2, 0) is 6.54 Å². The van der Waals surface area contributed by atoms with Gasteiger partial charge in [-0.25, -0.2) is 5.43 Å². The van der Waals surface area contributed by atoms with E-state index >= 15 is 0 Å². The maximum atomic E-state index is 5.12. The summed E-state index contributed by atoms with van der Waals surface area (Å²) in [7, 11) is 0. The van der Waals surface area contributed by atoms with Crippen LogP contribution in [0, 0.1) is 0 Å². The molecular formula is C21H27N7. The molecule has 0 spiro atoms. The summed E-state index contributed by atoms with van der Waals surface area (Å²) in [5.74, 6) is 2.96. The van der Waals surface area contributed by atoms with Crippen molar-refractivity contribution < 1.29 is 0 Å². The zero-order valence-electron chi connectivity index (χ0n) is 16.1. The van der Waals surface area contributed by atoms with Crippen molar-refractivity contribution in [3.05, 3.63) is 41.5 Å². The maximum Gasteiger partial charge on any atom is 0.229 e. The molecule has 0 radical (unpaired) electrons. The van der Waals surface area contributed by atoms with Gasteiger partial charge in [0, 0.05) is 38.8 Å². The molecule has 1 aromatic heterocycles. The lowest BCUT2D eigenvalue weighted by molar-refractivity contribution is 0.229. The van der Waals surface area contributed by atoms with E-state index in [0.717, 1.165) is 56.7 Å². The van der Waals surface area contributed by atoms with Crippen LogP contribution < -0.4 is 20.7 Å². The van der Waals surface area contributed by atoms with Crippen LogP contribution in [0.2, 0.25) is 0 Å². The number of benzene rings is 1. The number of anilines is 3. The molecule has 28 heavy (non-hydrogen) atoms. The van der Waals surface area contributed by atoms with E-state index in [0.29, 0.717) is 12.1 Å². The molecule has 4 aliphatic rings. The number of hydrazine groups is 1. The van der Waals surface area contributed by atoms with E-state index < -0.39 is 0 Å². The van der Waals surface area contributed by atoms with Crippen LogP contribution >= 0.6 is 0 Å². The Morgan fingerprint density at radius 1 is 1.00 bits per heavy atom. The van der Waals surface area contributed by atoms with Gasteiger partial charge in [-0.3, -0.25) is 4.90 Å². The highest BCUT2D eigenvalue weighted by Crippen LogP contribution is 2.41. The Hall–Kier alpha value is -2.38. The highest BCUT2D eigenvalue weighted by Gasteiger charge is 2.37. The Bertz CT molecular complexity index is 871. The number of rotatable bonds is 3. The normalized spacial score (nSPS) is 26.1. The molecule has 7 heteroatoms. The first-order chi connectivity index (χ1) is 13.8. The highest BCUT2D eigenvalue weighted by molar-refractivity contribution is 5.67. The molecule has 0 bridgehead atoms. The molecule has 7 nitrogen and oxygen atoms in total. The number of aromatic nitrogens is 2. The largest absolute Gasteiger partial charge is 0.352 e. The van der Waals surface area contributed by atoms with Gasteiger partial charge in [-0.15, -0.1) is 0 Å². The molecule has 146 valence electrons. The first-order valence-electron chi connectivity index (χ1n) is 10.6. The first kappa shape index (κ1) is 16.6. The minimum absolute atomic E-state index is 0.317. The molecule has 2 fully saturated rings. The number of hydrogen-bond acceptors (Lipinski definition) is 7. The average molecular weight is 377 g/mol. The van der Waals surface area contributed by atoms with Gasteiger partial charge in [-0.05, 0) is 31.4 Å². The van der Waals surface area contributed by atoms with Gasteiger partial charge in [-0.1, -0.05) is 30.3 Å². The average Bonchev–Trinajstić information content (AvgIpc) is 3.38. The predicted octanol–water partition coefficient (Wildman–Crippen LogP) is 2.14. The summed E-state index contributed by atoms with van der Waals surface area (Å²) >= 11 is 0. The van der Waals surface area contributed by atoms with Crippen molar-refractivity contribution >= 4 is 17.6 Å². The fourth-order valence-electron chi connectivity index (χ4n) is 5.21. The minimum Gasteiger partial charge on any atom is -0.352 e. The molecule has 2 saturated heterocycles. The number of hydrogen-bond donors (Lipinski definition) is 2. The summed E-state index contributed by atoms with van der Waals surface area (Å²) in [6.07, 6.45) is 3.70. The van der Waals surface area contributed by atoms with Gasteiger partial charge in [0.15, 0.2) is 5.82 Å². The van der Waals surface area contributed by atoms with Crippen molar-refractivity contribution in [2.45, 2.75) is 37.9 Å². The standard InChI is InChI=1S/C21H27N7/c1-2-5-15(6-3-1)13-27-10-8-17-18-19(25-24-17)22-21(23-20(18)27)28-12-11-26-9-4-7-16(26)14-28/h1-3,5-6,16-17,24H,4,7-14H2,(H,22,23,25). The molecule has 2 unspecified atom stereocenters. The lowest BCUT2D eigenvalue weighted by Gasteiger charge is -2.38. The Balaban J connectivity index is 1.34. The van der Waals surface area contributed by atoms with Crippen molar-refractivity contribution in [2.75, 3.05) is 47.9 Å². The third-order valence-corrected chi connectivity index (χ3v) is 6.70. The molecule has 0 saturated carbocycles. The Morgan fingerprint density at radius 3 is 2.86 bits per heavy atom. The first-order valence-corrected chi connectivity index (χ1v) is 10.6. The number of nitrogens with zero attached hydrogens (tertiary/aromatic N) is 5. The van der Waals surface area contributed by atoms with Crippen LogP contribution in [0.3, 0.4) is 0 Å². The Morgan fingerprint density at radius 2 is 1.93 bits per heavy atom. The van der Waals surface area contributed by atoms with E-state index in [1.54, 1.807) is 0 Å². The van der Waals surface area contributed by atoms with Crippen LogP contribution in [0.25, 0.3) is 0 Å². The molecule has 4 aliphatic heterocycles. The smallest absolute Gasteiger partial charge is 0.229 e. The second-order valence-corrected chi connectivity index (χ2v) is 8.41. The van der Waals surface area contributed by atoms with Crippen LogP contribution in [0.5, 0.6) is 0 Å². The minimum atomic E-state index is 0.317. The summed E-state index contributed by atoms with van der Waals surface area (Å²) in [6.45, 7) is 6.35. The number of fused-ring (bicyclic) bond motifs is 1. The fraction of sp³-hybridized carbons (Fsp3) is 0.524. The Labute approximate surface area is 165 Å². The van der Waals surface area contributed by atoms with Gasteiger partial charge in [0.25, 0.3) is 0 Å². The lowest BCUT2D eigenvalue weighted by Crippen LogP contribution is -2.50. The molecule has 0 amide bonds. The molecule has 5 heterocycles. The van der Waals surface area contributed by atoms with Crippen molar-refractivity contribution in [3.63, 3.8) is 0 Å². The van der Waals surface area contributed by atoms with Crippen LogP contribution in [-0.4, -0.2) is 53.6 Å². The molecule has 2 aromatic rings. The molecule has 0 aliphatic carbocycles. The lowest BCUT2D eigenvalue weighted by atomic mass is 10.0. The fourth-order valence-corrected chi connectivity index (χ4v) is 5.21. The maximum absolute atomic E-state index is 5.12. The van der Waals surface area contributed by atoms with E-state index in [1.807, 2.05) is 0 Å². The summed E-state index contributed by atoms with van der Waals surface area (Å²) in [5.41, 5.74) is 9.31. The quantitative estimate of drug-likeness (QED) is 0.850. The van der Waals surface area contributed by atoms with Crippen LogP contribution in [0.1, 0.15) is 36.4 Å². The van der Waals surface area contributed by atoms with E-state index in [4.69, 9.17) is 9.97 Å². The molecular weight excluding hydrogens is 350 g/mol. The van der Waals surface area contributed by atoms with E-state index in [2.05, 4.69) is 55.9 Å². The Kier molecular flexibility index (Phi) is 3.90. The van der Waals surface area contributed by atoms with Crippen molar-refractivity contribution in [1.29, 1.82) is 0 Å². The second-order valence-electron chi connectivity index (χ2n) is 8.41. The molecule has 6 rings (SSSR count). The number of nitrogens with one attached hydrogen (secondary N) is 2. The number of piperazine rings is 1. The van der Waals surface area contributed by atoms with Crippen LogP contribution in [0.15, 0.2) is 30.3 Å². The summed E-state index contributed by atoms with van der Waals surface area (Å²) in [6, 6.07) is 11.7. The monoisotopic (exact) mass is 377 g/mol. The van der Waals surface area contributed by atoms with Gasteiger partial charge in [0.05, 0.1) is 11.6 Å². The highest BCUT2D eigenvalue weighted by atomic mass is 15.5. The summed E-state index contributed by atoms with van der Waals surface area (Å²) in [4.78, 5) is 17.5. The van der Waals surface area contributed by atoms with Gasteiger partial charge in [0.1, 0.15) is 5.82 Å². The molecule has 1 aromatic carbocycles. The van der Waals surface area contributed by atoms with Crippen LogP contribution in [0.4, 0.5) is 17.6 Å². The van der Waals surface area contributed by atoms with Crippen molar-refractivity contribution in [1.82, 2.24) is 20.3 Å².